The molecule has 4 N–H and O–H groups in total. The molecule has 0 aliphatic carbocycles. The van der Waals surface area contributed by atoms with E-state index in [0.717, 1.165) is 27.8 Å². The van der Waals surface area contributed by atoms with Crippen molar-refractivity contribution >= 4 is 35.4 Å². The molecule has 0 aliphatic heterocycles. The van der Waals surface area contributed by atoms with Gasteiger partial charge >= 0.3 is 6.09 Å². The van der Waals surface area contributed by atoms with Crippen molar-refractivity contribution in [3.05, 3.63) is 222 Å². The largest absolute Gasteiger partial charge is 0.445 e. The SMILES string of the molecule is CC(C)C[C@H](NC(=O)OCc1ccccc1)C(=O)N[C@@H](Cc1ccccc1)C(=O)N[C@H](/C=C/C(=O)N(C)c1ccccc1)CCC(=O)NC(c1ccccc1)(c1ccccc1)c1ccccc1. The average Bonchev–Trinajstić information content (AvgIpc) is 3.36. The highest BCUT2D eigenvalue weighted by Gasteiger charge is 2.38. The lowest BCUT2D eigenvalue weighted by Gasteiger charge is -2.37. The Balaban J connectivity index is 1.26. The minimum Gasteiger partial charge on any atom is -0.445 e. The Labute approximate surface area is 393 Å². The molecule has 6 rings (SSSR count). The molecule has 0 fully saturated rings. The zero-order valence-corrected chi connectivity index (χ0v) is 38.2. The number of para-hydroxylation sites is 1. The molecule has 0 bridgehead atoms. The summed E-state index contributed by atoms with van der Waals surface area (Å²) in [5, 5.41) is 12.0. The number of anilines is 1. The minimum atomic E-state index is -1.11. The lowest BCUT2D eigenvalue weighted by molar-refractivity contribution is -0.130. The van der Waals surface area contributed by atoms with Gasteiger partial charge in [-0.2, -0.15) is 0 Å². The Kier molecular flexibility index (Phi) is 17.8. The summed E-state index contributed by atoms with van der Waals surface area (Å²) in [6, 6.07) is 54.0. The predicted octanol–water partition coefficient (Wildman–Crippen LogP) is 8.65. The molecule has 11 nitrogen and oxygen atoms in total. The maximum Gasteiger partial charge on any atom is 0.408 e. The first-order valence-corrected chi connectivity index (χ1v) is 22.6. The van der Waals surface area contributed by atoms with Crippen molar-refractivity contribution in [3.63, 3.8) is 0 Å². The van der Waals surface area contributed by atoms with Crippen molar-refractivity contribution < 1.29 is 28.7 Å². The van der Waals surface area contributed by atoms with Gasteiger partial charge in [0, 0.05) is 37.7 Å². The van der Waals surface area contributed by atoms with E-state index < -0.39 is 41.6 Å². The van der Waals surface area contributed by atoms with Crippen LogP contribution in [0.2, 0.25) is 0 Å². The Morgan fingerprint density at radius 3 is 1.55 bits per heavy atom. The number of likely N-dealkylation sites (N-methyl/N-ethyl adjacent to an activating group) is 1. The summed E-state index contributed by atoms with van der Waals surface area (Å²) in [6.07, 6.45) is 2.64. The van der Waals surface area contributed by atoms with E-state index in [9.17, 15) is 24.0 Å². The quantitative estimate of drug-likeness (QED) is 0.0421. The standard InChI is InChI=1S/C56H59N5O6/c1-41(2)38-49(59-55(66)67-40-43-24-12-5-13-25-43)54(65)58-50(39-42-22-10-4-11-23-42)53(64)57-47(35-37-52(63)61(3)48-32-20-9-21-33-48)34-36-51(62)60-56(44-26-14-6-15-27-44,45-28-16-7-17-29-45)46-30-18-8-19-31-46/h4-33,35,37,41,47,49-50H,34,36,38-40H2,1-3H3,(H,57,64)(H,58,65)(H,59,66)(H,60,62)/b37-35+/t47-,49-,50-/m0/s1. The second-order valence-electron chi connectivity index (χ2n) is 16.8. The lowest BCUT2D eigenvalue weighted by atomic mass is 9.77. The van der Waals surface area contributed by atoms with Crippen LogP contribution in [0.25, 0.3) is 0 Å². The molecule has 0 unspecified atom stereocenters. The minimum absolute atomic E-state index is 0.00296. The first-order valence-electron chi connectivity index (χ1n) is 22.6. The highest BCUT2D eigenvalue weighted by Crippen LogP contribution is 2.37. The Hall–Kier alpha value is -7.79. The van der Waals surface area contributed by atoms with Gasteiger partial charge < -0.3 is 30.9 Å². The van der Waals surface area contributed by atoms with E-state index in [2.05, 4.69) is 21.3 Å². The van der Waals surface area contributed by atoms with E-state index in [4.69, 9.17) is 4.74 Å². The van der Waals surface area contributed by atoms with Crippen LogP contribution in [0.15, 0.2) is 194 Å². The third kappa shape index (κ3) is 14.1. The number of ether oxygens (including phenoxy) is 1. The zero-order chi connectivity index (χ0) is 47.4. The van der Waals surface area contributed by atoms with Crippen LogP contribution in [0, 0.1) is 5.92 Å². The molecule has 0 saturated carbocycles. The van der Waals surface area contributed by atoms with Crippen LogP contribution in [0.3, 0.4) is 0 Å². The van der Waals surface area contributed by atoms with Gasteiger partial charge in [0.1, 0.15) is 24.2 Å². The molecule has 6 aromatic carbocycles. The van der Waals surface area contributed by atoms with Crippen LogP contribution >= 0.6 is 0 Å². The smallest absolute Gasteiger partial charge is 0.408 e. The fourth-order valence-electron chi connectivity index (χ4n) is 7.87. The van der Waals surface area contributed by atoms with Gasteiger partial charge in [0.2, 0.25) is 23.6 Å². The first kappa shape index (κ1) is 48.7. The normalized spacial score (nSPS) is 12.6. The number of amides is 5. The topological polar surface area (TPSA) is 146 Å². The molecule has 0 saturated heterocycles. The molecule has 344 valence electrons. The number of alkyl carbamates (subject to hydrolysis) is 1. The van der Waals surface area contributed by atoms with E-state index in [0.29, 0.717) is 5.69 Å². The molecule has 3 atom stereocenters. The predicted molar refractivity (Wildman–Crippen MR) is 263 cm³/mol. The van der Waals surface area contributed by atoms with Crippen LogP contribution in [0.1, 0.15) is 60.9 Å². The maximum atomic E-state index is 14.6. The number of benzene rings is 6. The molecule has 11 heteroatoms. The van der Waals surface area contributed by atoms with E-state index >= 15 is 0 Å². The molecular formula is C56H59N5O6. The average molecular weight is 898 g/mol. The first-order chi connectivity index (χ1) is 32.5. The van der Waals surface area contributed by atoms with Gasteiger partial charge in [0.25, 0.3) is 0 Å². The Bertz CT molecular complexity index is 2430. The summed E-state index contributed by atoms with van der Waals surface area (Å²) in [6.45, 7) is 3.88. The summed E-state index contributed by atoms with van der Waals surface area (Å²) in [5.74, 6) is -1.75. The van der Waals surface area contributed by atoms with Gasteiger partial charge in [-0.15, -0.1) is 0 Å². The fourth-order valence-corrected chi connectivity index (χ4v) is 7.87. The molecule has 0 radical (unpaired) electrons. The van der Waals surface area contributed by atoms with Crippen molar-refractivity contribution in [1.29, 1.82) is 0 Å². The monoisotopic (exact) mass is 897 g/mol. The van der Waals surface area contributed by atoms with E-state index in [1.807, 2.05) is 196 Å². The highest BCUT2D eigenvalue weighted by atomic mass is 16.5. The van der Waals surface area contributed by atoms with Crippen LogP contribution in [-0.4, -0.2) is 54.9 Å². The number of hydrogen-bond donors (Lipinski definition) is 4. The van der Waals surface area contributed by atoms with Crippen molar-refractivity contribution in [2.45, 2.75) is 69.8 Å². The van der Waals surface area contributed by atoms with E-state index in [1.54, 1.807) is 13.1 Å². The number of carbonyl (C=O) groups is 5. The lowest BCUT2D eigenvalue weighted by Crippen LogP contribution is -2.55. The van der Waals surface area contributed by atoms with Gasteiger partial charge in [-0.3, -0.25) is 19.2 Å². The molecule has 5 amide bonds. The molecule has 67 heavy (non-hydrogen) atoms. The number of rotatable bonds is 21. The molecule has 0 aliphatic rings. The maximum absolute atomic E-state index is 14.6. The van der Waals surface area contributed by atoms with Gasteiger partial charge in [0.05, 0.1) is 0 Å². The third-order valence-corrected chi connectivity index (χ3v) is 11.3. The van der Waals surface area contributed by atoms with Gasteiger partial charge in [-0.05, 0) is 58.7 Å². The third-order valence-electron chi connectivity index (χ3n) is 11.3. The second-order valence-corrected chi connectivity index (χ2v) is 16.8. The molecule has 0 spiro atoms. The van der Waals surface area contributed by atoms with Crippen LogP contribution in [0.4, 0.5) is 10.5 Å². The van der Waals surface area contributed by atoms with Gasteiger partial charge in [-0.25, -0.2) is 4.79 Å². The summed E-state index contributed by atoms with van der Waals surface area (Å²) in [7, 11) is 1.66. The second kappa shape index (κ2) is 24.5. The van der Waals surface area contributed by atoms with Crippen molar-refractivity contribution in [2.75, 3.05) is 11.9 Å². The molecule has 0 heterocycles. The van der Waals surface area contributed by atoms with Crippen molar-refractivity contribution in [3.8, 4) is 0 Å². The van der Waals surface area contributed by atoms with Crippen LogP contribution in [-0.2, 0) is 42.5 Å². The Morgan fingerprint density at radius 1 is 0.582 bits per heavy atom. The number of hydrogen-bond acceptors (Lipinski definition) is 6. The fraction of sp³-hybridized carbons (Fsp3) is 0.232. The van der Waals surface area contributed by atoms with Crippen LogP contribution in [0.5, 0.6) is 0 Å². The zero-order valence-electron chi connectivity index (χ0n) is 38.2. The number of nitrogens with one attached hydrogen (secondary N) is 4. The van der Waals surface area contributed by atoms with Gasteiger partial charge in [-0.1, -0.05) is 190 Å². The van der Waals surface area contributed by atoms with Gasteiger partial charge in [0.15, 0.2) is 0 Å². The summed E-state index contributed by atoms with van der Waals surface area (Å²) < 4.78 is 5.45. The van der Waals surface area contributed by atoms with Crippen LogP contribution < -0.4 is 26.2 Å². The van der Waals surface area contributed by atoms with Crippen molar-refractivity contribution in [2.24, 2.45) is 5.92 Å². The van der Waals surface area contributed by atoms with Crippen molar-refractivity contribution in [1.82, 2.24) is 21.3 Å². The van der Waals surface area contributed by atoms with E-state index in [1.165, 1.54) is 11.0 Å². The molecule has 0 aromatic heterocycles. The Morgan fingerprint density at radius 2 is 1.04 bits per heavy atom. The summed E-state index contributed by atoms with van der Waals surface area (Å²) in [4.78, 5) is 71.3. The summed E-state index contributed by atoms with van der Waals surface area (Å²) in [5.41, 5.74) is 3.75. The highest BCUT2D eigenvalue weighted by molar-refractivity contribution is 6.01. The molecule has 6 aromatic rings. The summed E-state index contributed by atoms with van der Waals surface area (Å²) >= 11 is 0. The number of nitrogens with zero attached hydrogens (tertiary/aromatic N) is 1. The molecular weight excluding hydrogens is 839 g/mol. The van der Waals surface area contributed by atoms with E-state index in [-0.39, 0.29) is 50.0 Å². The number of carbonyl (C=O) groups excluding carboxylic acids is 5.